The van der Waals surface area contributed by atoms with E-state index in [4.69, 9.17) is 9.15 Å². The van der Waals surface area contributed by atoms with Gasteiger partial charge in [0.15, 0.2) is 0 Å². The number of halogens is 2. The minimum absolute atomic E-state index is 0.0462. The van der Waals surface area contributed by atoms with Crippen molar-refractivity contribution < 1.29 is 22.7 Å². The van der Waals surface area contributed by atoms with Gasteiger partial charge in [0.1, 0.15) is 35.9 Å². The summed E-state index contributed by atoms with van der Waals surface area (Å²) in [4.78, 5) is 16.3. The van der Waals surface area contributed by atoms with Crippen molar-refractivity contribution in [3.63, 3.8) is 0 Å². The summed E-state index contributed by atoms with van der Waals surface area (Å²) in [5, 5.41) is 2.46. The largest absolute Gasteiger partial charge is 0.488 e. The van der Waals surface area contributed by atoms with Crippen molar-refractivity contribution >= 4 is 18.0 Å². The fraction of sp³-hybridized carbons (Fsp3) is 0.0526. The molecule has 1 N–H and O–H groups in total. The molecule has 0 bridgehead atoms. The monoisotopic (exact) mass is 354 g/mol. The van der Waals surface area contributed by atoms with Crippen LogP contribution in [0.3, 0.4) is 0 Å². The van der Waals surface area contributed by atoms with Crippen molar-refractivity contribution in [2.75, 3.05) is 11.9 Å². The number of oxazole rings is 1. The number of amides is 1. The van der Waals surface area contributed by atoms with Crippen LogP contribution in [-0.4, -0.2) is 17.5 Å². The minimum Gasteiger partial charge on any atom is -0.488 e. The number of aromatic nitrogens is 1. The van der Waals surface area contributed by atoms with Crippen molar-refractivity contribution in [3.8, 4) is 17.0 Å². The summed E-state index contributed by atoms with van der Waals surface area (Å²) in [6, 6.07) is 10.6. The highest BCUT2D eigenvalue weighted by molar-refractivity contribution is 6.06. The normalized spacial score (nSPS) is 12.8. The summed E-state index contributed by atoms with van der Waals surface area (Å²) in [6.45, 7) is 0.0956. The van der Waals surface area contributed by atoms with Crippen molar-refractivity contribution in [1.29, 1.82) is 0 Å². The average Bonchev–Trinajstić information content (AvgIpc) is 3.09. The summed E-state index contributed by atoms with van der Waals surface area (Å²) < 4.78 is 38.2. The summed E-state index contributed by atoms with van der Waals surface area (Å²) in [6.07, 6.45) is 2.78. The molecule has 1 amide bonds. The first-order valence-corrected chi connectivity index (χ1v) is 7.75. The lowest BCUT2D eigenvalue weighted by Crippen LogP contribution is -2.21. The molecule has 0 aliphatic carbocycles. The molecule has 3 aromatic rings. The van der Waals surface area contributed by atoms with Crippen LogP contribution in [0.5, 0.6) is 5.75 Å². The van der Waals surface area contributed by atoms with Crippen LogP contribution in [-0.2, 0) is 4.79 Å². The SMILES string of the molecule is O=C(Nc1nc(-c2c(F)cccc2F)co1)C1=Cc2ccccc2OC1. The number of rotatable bonds is 3. The average molecular weight is 354 g/mol. The maximum Gasteiger partial charge on any atom is 0.302 e. The summed E-state index contributed by atoms with van der Waals surface area (Å²) >= 11 is 0. The highest BCUT2D eigenvalue weighted by Crippen LogP contribution is 2.28. The Morgan fingerprint density at radius 3 is 2.65 bits per heavy atom. The van der Waals surface area contributed by atoms with Crippen LogP contribution in [0.25, 0.3) is 17.3 Å². The van der Waals surface area contributed by atoms with E-state index in [1.54, 1.807) is 6.08 Å². The summed E-state index contributed by atoms with van der Waals surface area (Å²) in [5.41, 5.74) is 0.798. The first-order valence-electron chi connectivity index (χ1n) is 7.75. The Morgan fingerprint density at radius 1 is 1.08 bits per heavy atom. The van der Waals surface area contributed by atoms with E-state index in [0.29, 0.717) is 11.3 Å². The van der Waals surface area contributed by atoms with Gasteiger partial charge in [0.05, 0.1) is 11.1 Å². The molecule has 0 saturated heterocycles. The number of hydrogen-bond acceptors (Lipinski definition) is 4. The van der Waals surface area contributed by atoms with E-state index in [0.717, 1.165) is 24.0 Å². The van der Waals surface area contributed by atoms with Gasteiger partial charge in [0.25, 0.3) is 5.91 Å². The number of carbonyl (C=O) groups is 1. The molecule has 0 saturated carbocycles. The first-order chi connectivity index (χ1) is 12.6. The predicted molar refractivity (Wildman–Crippen MR) is 90.4 cm³/mol. The van der Waals surface area contributed by atoms with Gasteiger partial charge in [-0.25, -0.2) is 8.78 Å². The molecule has 2 aromatic carbocycles. The van der Waals surface area contributed by atoms with Gasteiger partial charge in [-0.1, -0.05) is 24.3 Å². The van der Waals surface area contributed by atoms with E-state index in [9.17, 15) is 13.6 Å². The number of hydrogen-bond donors (Lipinski definition) is 1. The maximum atomic E-state index is 13.8. The van der Waals surface area contributed by atoms with Gasteiger partial charge < -0.3 is 9.15 Å². The Morgan fingerprint density at radius 2 is 1.85 bits per heavy atom. The number of ether oxygens (including phenoxy) is 1. The molecule has 4 rings (SSSR count). The van der Waals surface area contributed by atoms with Crippen LogP contribution in [0.4, 0.5) is 14.8 Å². The molecule has 1 aliphatic heterocycles. The molecular weight excluding hydrogens is 342 g/mol. The lowest BCUT2D eigenvalue weighted by molar-refractivity contribution is -0.113. The number of para-hydroxylation sites is 1. The Bertz CT molecular complexity index is 1010. The molecule has 1 aliphatic rings. The van der Waals surface area contributed by atoms with E-state index in [-0.39, 0.29) is 23.9 Å². The molecule has 0 fully saturated rings. The first kappa shape index (κ1) is 16.0. The summed E-state index contributed by atoms with van der Waals surface area (Å²) in [7, 11) is 0. The molecule has 0 unspecified atom stereocenters. The van der Waals surface area contributed by atoms with Crippen LogP contribution < -0.4 is 10.1 Å². The Kier molecular flexibility index (Phi) is 3.96. The fourth-order valence-electron chi connectivity index (χ4n) is 2.61. The number of carbonyl (C=O) groups excluding carboxylic acids is 1. The number of nitrogens with zero attached hydrogens (tertiary/aromatic N) is 1. The van der Waals surface area contributed by atoms with Crippen molar-refractivity contribution in [2.45, 2.75) is 0 Å². The van der Waals surface area contributed by atoms with Gasteiger partial charge in [-0.05, 0) is 24.3 Å². The van der Waals surface area contributed by atoms with Crippen LogP contribution in [0.1, 0.15) is 5.56 Å². The van der Waals surface area contributed by atoms with E-state index in [1.165, 1.54) is 6.07 Å². The van der Waals surface area contributed by atoms with E-state index in [2.05, 4.69) is 10.3 Å². The van der Waals surface area contributed by atoms with Gasteiger partial charge in [-0.15, -0.1) is 0 Å². The van der Waals surface area contributed by atoms with Gasteiger partial charge in [0.2, 0.25) is 0 Å². The van der Waals surface area contributed by atoms with Gasteiger partial charge in [-0.2, -0.15) is 4.98 Å². The smallest absolute Gasteiger partial charge is 0.302 e. The third kappa shape index (κ3) is 2.95. The number of benzene rings is 2. The highest BCUT2D eigenvalue weighted by atomic mass is 19.1. The second kappa shape index (κ2) is 6.44. The maximum absolute atomic E-state index is 13.8. The third-order valence-corrected chi connectivity index (χ3v) is 3.87. The van der Waals surface area contributed by atoms with Crippen LogP contribution in [0, 0.1) is 11.6 Å². The predicted octanol–water partition coefficient (Wildman–Crippen LogP) is 4.03. The zero-order chi connectivity index (χ0) is 18.1. The quantitative estimate of drug-likeness (QED) is 0.771. The zero-order valence-electron chi connectivity index (χ0n) is 13.3. The molecule has 1 aromatic heterocycles. The van der Waals surface area contributed by atoms with Crippen molar-refractivity contribution in [2.24, 2.45) is 0 Å². The number of nitrogens with one attached hydrogen (secondary N) is 1. The Labute approximate surface area is 146 Å². The lowest BCUT2D eigenvalue weighted by atomic mass is 10.1. The van der Waals surface area contributed by atoms with Gasteiger partial charge in [-0.3, -0.25) is 10.1 Å². The second-order valence-electron chi connectivity index (χ2n) is 5.58. The summed E-state index contributed by atoms with van der Waals surface area (Å²) in [5.74, 6) is -1.31. The fourth-order valence-corrected chi connectivity index (χ4v) is 2.61. The number of anilines is 1. The highest BCUT2D eigenvalue weighted by Gasteiger charge is 2.20. The van der Waals surface area contributed by atoms with E-state index >= 15 is 0 Å². The molecule has 7 heteroatoms. The minimum atomic E-state index is -0.767. The lowest BCUT2D eigenvalue weighted by Gasteiger charge is -2.16. The molecule has 0 atom stereocenters. The van der Waals surface area contributed by atoms with Crippen LogP contribution in [0.2, 0.25) is 0 Å². The third-order valence-electron chi connectivity index (χ3n) is 3.87. The molecule has 26 heavy (non-hydrogen) atoms. The van der Waals surface area contributed by atoms with Gasteiger partial charge in [0, 0.05) is 5.56 Å². The standard InChI is InChI=1S/C19H12F2N2O3/c20-13-5-3-6-14(21)17(13)15-10-26-19(22-15)23-18(24)12-8-11-4-1-2-7-16(11)25-9-12/h1-8,10H,9H2,(H,22,23,24). The second-order valence-corrected chi connectivity index (χ2v) is 5.58. The molecule has 0 radical (unpaired) electrons. The molecule has 130 valence electrons. The van der Waals surface area contributed by atoms with E-state index in [1.807, 2.05) is 24.3 Å². The molecule has 0 spiro atoms. The van der Waals surface area contributed by atoms with Gasteiger partial charge >= 0.3 is 6.01 Å². The van der Waals surface area contributed by atoms with Crippen LogP contribution in [0.15, 0.2) is 58.7 Å². The zero-order valence-corrected chi connectivity index (χ0v) is 13.3. The number of fused-ring (bicyclic) bond motifs is 1. The van der Waals surface area contributed by atoms with Crippen molar-refractivity contribution in [3.05, 3.63) is 71.5 Å². The molecular formula is C19H12F2N2O3. The molecule has 2 heterocycles. The molecule has 5 nitrogen and oxygen atoms in total. The topological polar surface area (TPSA) is 64.4 Å². The Hall–Kier alpha value is -3.48. The van der Waals surface area contributed by atoms with Crippen LogP contribution >= 0.6 is 0 Å². The van der Waals surface area contributed by atoms with E-state index < -0.39 is 17.5 Å². The van der Waals surface area contributed by atoms with Crippen molar-refractivity contribution in [1.82, 2.24) is 4.98 Å². The Balaban J connectivity index is 1.55.